The second kappa shape index (κ2) is 11.9. The Hall–Kier alpha value is 0.0900. The van der Waals surface area contributed by atoms with Crippen LogP contribution in [0.5, 0.6) is 0 Å². The van der Waals surface area contributed by atoms with E-state index in [2.05, 4.69) is 28.6 Å². The summed E-state index contributed by atoms with van der Waals surface area (Å²) >= 11 is 32.3. The molecule has 0 radical (unpaired) electrons. The molecule has 1 nitrogen and oxygen atoms in total. The summed E-state index contributed by atoms with van der Waals surface area (Å²) in [6.07, 6.45) is 0. The summed E-state index contributed by atoms with van der Waals surface area (Å²) in [6.45, 7) is 0. The molecule has 0 spiro atoms. The molecule has 0 bridgehead atoms. The van der Waals surface area contributed by atoms with E-state index in [0.717, 1.165) is 24.8 Å². The van der Waals surface area contributed by atoms with Crippen molar-refractivity contribution in [3.05, 3.63) is 79.2 Å². The predicted molar refractivity (Wildman–Crippen MR) is 130 cm³/mol. The molecule has 0 aliphatic rings. The van der Waals surface area contributed by atoms with Crippen molar-refractivity contribution in [1.29, 1.82) is 0 Å². The van der Waals surface area contributed by atoms with E-state index in [9.17, 15) is 0 Å². The van der Waals surface area contributed by atoms with Crippen LogP contribution in [0, 0.1) is 0 Å². The molecule has 0 unspecified atom stereocenters. The molecule has 0 saturated heterocycles. The van der Waals surface area contributed by atoms with Crippen molar-refractivity contribution in [1.82, 2.24) is 0 Å². The Bertz CT molecular complexity index is 875. The Kier molecular flexibility index (Phi) is 11.1. The van der Waals surface area contributed by atoms with Gasteiger partial charge in [-0.25, -0.2) is 0 Å². The monoisotopic (exact) mass is 561 g/mol. The van der Waals surface area contributed by atoms with Gasteiger partial charge >= 0.3 is 0 Å². The Morgan fingerprint density at radius 3 is 1.85 bits per heavy atom. The summed E-state index contributed by atoms with van der Waals surface area (Å²) in [5.41, 5.74) is 6.41. The van der Waals surface area contributed by atoms with E-state index in [-0.39, 0.29) is 12.4 Å². The number of nitrogens with two attached hydrogens (primary N) is 1. The molecule has 0 heterocycles. The van der Waals surface area contributed by atoms with Crippen LogP contribution in [0.15, 0.2) is 73.8 Å². The van der Waals surface area contributed by atoms with Gasteiger partial charge in [0.25, 0.3) is 0 Å². The maximum absolute atomic E-state index is 6.12. The molecular formula is C18H13BrCl5NS2. The molecule has 0 fully saturated rings. The van der Waals surface area contributed by atoms with Gasteiger partial charge in [-0.2, -0.15) is 0 Å². The van der Waals surface area contributed by atoms with E-state index < -0.39 is 0 Å². The highest BCUT2D eigenvalue weighted by atomic mass is 79.9. The normalized spacial score (nSPS) is 9.85. The SMILES string of the molecule is Cl.Nc1ccc(Sc2ccc(Cl)cc2Cl)c(Br)c1.Sc1ccc(Cl)cc1Cl. The van der Waals surface area contributed by atoms with Gasteiger partial charge in [-0.15, -0.1) is 25.0 Å². The van der Waals surface area contributed by atoms with Gasteiger partial charge in [0.2, 0.25) is 0 Å². The van der Waals surface area contributed by atoms with Crippen LogP contribution in [0.3, 0.4) is 0 Å². The van der Waals surface area contributed by atoms with Gasteiger partial charge in [0.15, 0.2) is 0 Å². The molecule has 3 rings (SSSR count). The summed E-state index contributed by atoms with van der Waals surface area (Å²) in [5.74, 6) is 0. The first kappa shape index (κ1) is 25.1. The van der Waals surface area contributed by atoms with Crippen molar-refractivity contribution >= 4 is 105 Å². The minimum absolute atomic E-state index is 0. The summed E-state index contributed by atoms with van der Waals surface area (Å²) < 4.78 is 0.952. The number of hydrogen-bond donors (Lipinski definition) is 2. The maximum Gasteiger partial charge on any atom is 0.0560 e. The highest BCUT2D eigenvalue weighted by Crippen LogP contribution is 2.38. The molecule has 0 saturated carbocycles. The van der Waals surface area contributed by atoms with Crippen molar-refractivity contribution < 1.29 is 0 Å². The lowest BCUT2D eigenvalue weighted by atomic mass is 10.3. The number of halogens is 6. The average Bonchev–Trinajstić information content (AvgIpc) is 2.56. The number of hydrogen-bond acceptors (Lipinski definition) is 3. The minimum Gasteiger partial charge on any atom is -0.399 e. The Morgan fingerprint density at radius 1 is 0.778 bits per heavy atom. The fraction of sp³-hybridized carbons (Fsp3) is 0. The molecule has 0 aliphatic heterocycles. The quantitative estimate of drug-likeness (QED) is 0.240. The summed E-state index contributed by atoms with van der Waals surface area (Å²) in [7, 11) is 0. The van der Waals surface area contributed by atoms with E-state index in [4.69, 9.17) is 52.1 Å². The van der Waals surface area contributed by atoms with E-state index in [1.807, 2.05) is 30.3 Å². The van der Waals surface area contributed by atoms with E-state index in [0.29, 0.717) is 20.1 Å². The van der Waals surface area contributed by atoms with Crippen molar-refractivity contribution in [3.8, 4) is 0 Å². The van der Waals surface area contributed by atoms with Crippen molar-refractivity contribution in [2.75, 3.05) is 5.73 Å². The molecule has 2 N–H and O–H groups in total. The van der Waals surface area contributed by atoms with Gasteiger partial charge < -0.3 is 5.73 Å². The van der Waals surface area contributed by atoms with Crippen LogP contribution in [0.2, 0.25) is 20.1 Å². The third-order valence-electron chi connectivity index (χ3n) is 2.98. The van der Waals surface area contributed by atoms with Gasteiger partial charge in [0, 0.05) is 34.9 Å². The number of rotatable bonds is 2. The first-order chi connectivity index (χ1) is 12.3. The van der Waals surface area contributed by atoms with Crippen LogP contribution in [-0.2, 0) is 0 Å². The van der Waals surface area contributed by atoms with E-state index in [1.165, 1.54) is 0 Å². The first-order valence-corrected chi connectivity index (χ1v) is 10.6. The first-order valence-electron chi connectivity index (χ1n) is 7.08. The topological polar surface area (TPSA) is 26.0 Å². The molecule has 3 aromatic rings. The average molecular weight is 565 g/mol. The third-order valence-corrected chi connectivity index (χ3v) is 6.78. The summed E-state index contributed by atoms with van der Waals surface area (Å²) in [5, 5.41) is 2.51. The van der Waals surface area contributed by atoms with Crippen LogP contribution < -0.4 is 5.73 Å². The molecule has 27 heavy (non-hydrogen) atoms. The summed E-state index contributed by atoms with van der Waals surface area (Å²) in [6, 6.07) is 16.3. The molecular weight excluding hydrogens is 552 g/mol. The number of anilines is 1. The Balaban J connectivity index is 0.000000310. The van der Waals surface area contributed by atoms with Gasteiger partial charge in [-0.05, 0) is 70.5 Å². The minimum atomic E-state index is 0. The predicted octanol–water partition coefficient (Wildman–Crippen LogP) is 9.19. The summed E-state index contributed by atoms with van der Waals surface area (Å²) in [4.78, 5) is 2.77. The number of thiol groups is 1. The van der Waals surface area contributed by atoms with Gasteiger partial charge in [-0.3, -0.25) is 0 Å². The largest absolute Gasteiger partial charge is 0.399 e. The second-order valence-corrected chi connectivity index (χ2v) is 9.07. The third kappa shape index (κ3) is 8.15. The van der Waals surface area contributed by atoms with Gasteiger partial charge in [0.05, 0.1) is 10.0 Å². The highest BCUT2D eigenvalue weighted by Gasteiger charge is 2.06. The van der Waals surface area contributed by atoms with E-state index in [1.54, 1.807) is 36.0 Å². The highest BCUT2D eigenvalue weighted by molar-refractivity contribution is 9.10. The molecule has 9 heteroatoms. The molecule has 3 aromatic carbocycles. The van der Waals surface area contributed by atoms with Crippen molar-refractivity contribution in [2.45, 2.75) is 14.7 Å². The lowest BCUT2D eigenvalue weighted by molar-refractivity contribution is 1.37. The van der Waals surface area contributed by atoms with Crippen LogP contribution in [0.4, 0.5) is 5.69 Å². The van der Waals surface area contributed by atoms with Crippen LogP contribution in [0.25, 0.3) is 0 Å². The Morgan fingerprint density at radius 2 is 1.33 bits per heavy atom. The zero-order valence-electron chi connectivity index (χ0n) is 13.4. The van der Waals surface area contributed by atoms with Crippen LogP contribution >= 0.6 is 99.1 Å². The fourth-order valence-corrected chi connectivity index (χ4v) is 4.29. The zero-order chi connectivity index (χ0) is 19.3. The zero-order valence-corrected chi connectivity index (χ0v) is 20.6. The smallest absolute Gasteiger partial charge is 0.0560 e. The second-order valence-electron chi connectivity index (χ2n) is 4.96. The molecule has 0 aromatic heterocycles. The van der Waals surface area contributed by atoms with Gasteiger partial charge in [0.1, 0.15) is 0 Å². The van der Waals surface area contributed by atoms with Crippen molar-refractivity contribution in [3.63, 3.8) is 0 Å². The van der Waals surface area contributed by atoms with Crippen molar-refractivity contribution in [2.24, 2.45) is 0 Å². The number of nitrogen functional groups attached to an aromatic ring is 1. The fourth-order valence-electron chi connectivity index (χ4n) is 1.76. The van der Waals surface area contributed by atoms with Crippen LogP contribution in [0.1, 0.15) is 0 Å². The van der Waals surface area contributed by atoms with E-state index >= 15 is 0 Å². The maximum atomic E-state index is 6.12. The molecule has 144 valence electrons. The lowest BCUT2D eigenvalue weighted by Gasteiger charge is -2.07. The van der Waals surface area contributed by atoms with Crippen LogP contribution in [-0.4, -0.2) is 0 Å². The Labute approximate surface area is 202 Å². The molecule has 0 aliphatic carbocycles. The molecule has 0 atom stereocenters. The van der Waals surface area contributed by atoms with Gasteiger partial charge in [-0.1, -0.05) is 58.2 Å². The standard InChI is InChI=1S/C12H8BrCl2NS.C6H4Cl2S.ClH/c13-9-6-8(16)2-4-11(9)17-12-3-1-7(14)5-10(12)15;7-4-1-2-6(9)5(8)3-4;/h1-6H,16H2;1-3,9H;1H. The molecule has 0 amide bonds. The number of benzene rings is 3. The lowest BCUT2D eigenvalue weighted by Crippen LogP contribution is -1.85.